The molecule has 0 saturated heterocycles. The molecule has 0 aliphatic rings. The average Bonchev–Trinajstić information content (AvgIpc) is 2.59. The van der Waals surface area contributed by atoms with E-state index >= 15 is 0 Å². The van der Waals surface area contributed by atoms with Crippen molar-refractivity contribution >= 4 is 27.2 Å². The van der Waals surface area contributed by atoms with Gasteiger partial charge >= 0.3 is 0 Å². The summed E-state index contributed by atoms with van der Waals surface area (Å²) in [5.74, 6) is 0.334. The van der Waals surface area contributed by atoms with E-state index in [9.17, 15) is 4.79 Å². The van der Waals surface area contributed by atoms with Gasteiger partial charge in [-0.05, 0) is 27.8 Å². The molecule has 1 nitrogen and oxygen atoms in total. The average molecular weight is 246 g/mol. The van der Waals surface area contributed by atoms with Crippen molar-refractivity contribution in [3.63, 3.8) is 0 Å². The van der Waals surface area contributed by atoms with Gasteiger partial charge in [0.15, 0.2) is 0 Å². The topological polar surface area (TPSA) is 17.1 Å². The standard InChI is InChI=1S/C15H18OS/c1-15(2,3)9-12(16)8-11-10-17-14-7-5-4-6-13(11)14/h4-7,10H,8-9H2,1-3H3. The zero-order valence-corrected chi connectivity index (χ0v) is 11.4. The van der Waals surface area contributed by atoms with E-state index < -0.39 is 0 Å². The first-order valence-electron chi connectivity index (χ1n) is 5.92. The Hall–Kier alpha value is -1.15. The van der Waals surface area contributed by atoms with Crippen LogP contribution < -0.4 is 0 Å². The summed E-state index contributed by atoms with van der Waals surface area (Å²) in [5.41, 5.74) is 1.27. The Morgan fingerprint density at radius 2 is 1.94 bits per heavy atom. The van der Waals surface area contributed by atoms with Gasteiger partial charge in [-0.25, -0.2) is 0 Å². The van der Waals surface area contributed by atoms with Gasteiger partial charge in [-0.15, -0.1) is 11.3 Å². The molecule has 0 unspecified atom stereocenters. The molecule has 0 amide bonds. The van der Waals surface area contributed by atoms with Crippen molar-refractivity contribution in [2.75, 3.05) is 0 Å². The molecule has 1 heterocycles. The van der Waals surface area contributed by atoms with E-state index in [0.717, 1.165) is 0 Å². The number of hydrogen-bond acceptors (Lipinski definition) is 2. The number of carbonyl (C=O) groups excluding carboxylic acids is 1. The maximum absolute atomic E-state index is 12.0. The summed E-state index contributed by atoms with van der Waals surface area (Å²) in [4.78, 5) is 12.0. The first kappa shape index (κ1) is 12.3. The van der Waals surface area contributed by atoms with Crippen LogP contribution in [0.2, 0.25) is 0 Å². The fourth-order valence-corrected chi connectivity index (χ4v) is 3.00. The van der Waals surface area contributed by atoms with Gasteiger partial charge in [-0.3, -0.25) is 4.79 Å². The van der Waals surface area contributed by atoms with E-state index in [0.29, 0.717) is 18.6 Å². The van der Waals surface area contributed by atoms with Crippen LogP contribution in [0.1, 0.15) is 32.8 Å². The van der Waals surface area contributed by atoms with Crippen LogP contribution in [-0.4, -0.2) is 5.78 Å². The number of hydrogen-bond donors (Lipinski definition) is 0. The van der Waals surface area contributed by atoms with Crippen LogP contribution >= 0.6 is 11.3 Å². The molecule has 1 aromatic carbocycles. The Bertz CT molecular complexity index is 531. The summed E-state index contributed by atoms with van der Waals surface area (Å²) in [7, 11) is 0. The molecule has 0 radical (unpaired) electrons. The largest absolute Gasteiger partial charge is 0.299 e. The van der Waals surface area contributed by atoms with Crippen molar-refractivity contribution in [3.8, 4) is 0 Å². The highest BCUT2D eigenvalue weighted by Gasteiger charge is 2.17. The number of carbonyl (C=O) groups is 1. The Morgan fingerprint density at radius 1 is 1.24 bits per heavy atom. The van der Waals surface area contributed by atoms with E-state index in [4.69, 9.17) is 0 Å². The summed E-state index contributed by atoms with van der Waals surface area (Å²) in [6, 6.07) is 8.29. The third kappa shape index (κ3) is 3.16. The molecule has 0 N–H and O–H groups in total. The molecule has 0 atom stereocenters. The lowest BCUT2D eigenvalue weighted by atomic mass is 9.88. The molecular formula is C15H18OS. The van der Waals surface area contributed by atoms with E-state index in [-0.39, 0.29) is 5.41 Å². The molecular weight excluding hydrogens is 228 g/mol. The highest BCUT2D eigenvalue weighted by atomic mass is 32.1. The van der Waals surface area contributed by atoms with E-state index in [1.165, 1.54) is 15.6 Å². The quantitative estimate of drug-likeness (QED) is 0.782. The van der Waals surface area contributed by atoms with Crippen molar-refractivity contribution in [2.45, 2.75) is 33.6 Å². The Kier molecular flexibility index (Phi) is 3.34. The van der Waals surface area contributed by atoms with Crippen LogP contribution in [0.4, 0.5) is 0 Å². The van der Waals surface area contributed by atoms with Gasteiger partial charge in [-0.1, -0.05) is 39.0 Å². The summed E-state index contributed by atoms with van der Waals surface area (Å²) in [6.07, 6.45) is 1.22. The third-order valence-corrected chi connectivity index (χ3v) is 3.69. The number of benzene rings is 1. The molecule has 17 heavy (non-hydrogen) atoms. The second-order valence-electron chi connectivity index (χ2n) is 5.71. The minimum absolute atomic E-state index is 0.0862. The van der Waals surface area contributed by atoms with E-state index in [1.54, 1.807) is 11.3 Å². The Balaban J connectivity index is 2.16. The number of fused-ring (bicyclic) bond motifs is 1. The van der Waals surface area contributed by atoms with Crippen molar-refractivity contribution in [1.82, 2.24) is 0 Å². The van der Waals surface area contributed by atoms with Crippen molar-refractivity contribution in [1.29, 1.82) is 0 Å². The molecule has 2 rings (SSSR count). The van der Waals surface area contributed by atoms with Gasteiger partial charge in [0.05, 0.1) is 0 Å². The molecule has 0 spiro atoms. The van der Waals surface area contributed by atoms with Crippen LogP contribution in [-0.2, 0) is 11.2 Å². The molecule has 2 heteroatoms. The molecule has 0 bridgehead atoms. The molecule has 1 aromatic heterocycles. The number of thiophene rings is 1. The van der Waals surface area contributed by atoms with Crippen LogP contribution in [0.5, 0.6) is 0 Å². The lowest BCUT2D eigenvalue weighted by molar-refractivity contribution is -0.120. The number of Topliss-reactive ketones (excluding diaryl/α,β-unsaturated/α-hetero) is 1. The summed E-state index contributed by atoms with van der Waals surface area (Å²) < 4.78 is 1.27. The lowest BCUT2D eigenvalue weighted by Gasteiger charge is -2.16. The lowest BCUT2D eigenvalue weighted by Crippen LogP contribution is -2.14. The smallest absolute Gasteiger partial charge is 0.137 e. The fraction of sp³-hybridized carbons (Fsp3) is 0.400. The van der Waals surface area contributed by atoms with E-state index in [1.807, 2.05) is 12.1 Å². The zero-order valence-electron chi connectivity index (χ0n) is 10.6. The van der Waals surface area contributed by atoms with Crippen LogP contribution in [0.25, 0.3) is 10.1 Å². The second kappa shape index (κ2) is 4.61. The highest BCUT2D eigenvalue weighted by molar-refractivity contribution is 7.17. The van der Waals surface area contributed by atoms with Gasteiger partial charge in [0.2, 0.25) is 0 Å². The molecule has 0 aliphatic carbocycles. The summed E-state index contributed by atoms with van der Waals surface area (Å²) >= 11 is 1.72. The first-order chi connectivity index (χ1) is 7.96. The van der Waals surface area contributed by atoms with Crippen molar-refractivity contribution in [2.24, 2.45) is 5.41 Å². The minimum atomic E-state index is 0.0862. The van der Waals surface area contributed by atoms with E-state index in [2.05, 4.69) is 38.3 Å². The maximum atomic E-state index is 12.0. The fourth-order valence-electron chi connectivity index (χ4n) is 2.04. The minimum Gasteiger partial charge on any atom is -0.299 e. The predicted molar refractivity (Wildman–Crippen MR) is 74.6 cm³/mol. The SMILES string of the molecule is CC(C)(C)CC(=O)Cc1csc2ccccc12. The maximum Gasteiger partial charge on any atom is 0.137 e. The number of ketones is 1. The third-order valence-electron chi connectivity index (χ3n) is 2.68. The molecule has 90 valence electrons. The second-order valence-corrected chi connectivity index (χ2v) is 6.62. The Labute approximate surface area is 106 Å². The molecule has 0 aliphatic heterocycles. The molecule has 2 aromatic rings. The highest BCUT2D eigenvalue weighted by Crippen LogP contribution is 2.27. The molecule has 0 saturated carbocycles. The van der Waals surface area contributed by atoms with Crippen molar-refractivity contribution < 1.29 is 4.79 Å². The van der Waals surface area contributed by atoms with Gasteiger partial charge in [0.25, 0.3) is 0 Å². The van der Waals surface area contributed by atoms with Gasteiger partial charge < -0.3 is 0 Å². The normalized spacial score (nSPS) is 11.9. The van der Waals surface area contributed by atoms with Crippen LogP contribution in [0.3, 0.4) is 0 Å². The van der Waals surface area contributed by atoms with Gasteiger partial charge in [-0.2, -0.15) is 0 Å². The van der Waals surface area contributed by atoms with Crippen molar-refractivity contribution in [3.05, 3.63) is 35.2 Å². The monoisotopic (exact) mass is 246 g/mol. The molecule has 0 fully saturated rings. The zero-order chi connectivity index (χ0) is 12.5. The summed E-state index contributed by atoms with van der Waals surface area (Å²) in [5, 5.41) is 3.35. The van der Waals surface area contributed by atoms with Gasteiger partial charge in [0, 0.05) is 17.5 Å². The Morgan fingerprint density at radius 3 is 2.65 bits per heavy atom. The summed E-state index contributed by atoms with van der Waals surface area (Å²) in [6.45, 7) is 6.32. The number of rotatable bonds is 3. The first-order valence-corrected chi connectivity index (χ1v) is 6.80. The predicted octanol–water partition coefficient (Wildman–Crippen LogP) is 4.45. The van der Waals surface area contributed by atoms with Crippen LogP contribution in [0.15, 0.2) is 29.6 Å². The van der Waals surface area contributed by atoms with Crippen LogP contribution in [0, 0.1) is 5.41 Å². The van der Waals surface area contributed by atoms with Gasteiger partial charge in [0.1, 0.15) is 5.78 Å².